The Morgan fingerprint density at radius 2 is 2.14 bits per heavy atom. The number of nitrogens with two attached hydrogens (primary N) is 1. The average Bonchev–Trinajstić information content (AvgIpc) is 2.46. The van der Waals surface area contributed by atoms with Crippen molar-refractivity contribution in [3.05, 3.63) is 24.3 Å². The molecule has 0 aromatic heterocycles. The molecule has 0 radical (unpaired) electrons. The summed E-state index contributed by atoms with van der Waals surface area (Å²) in [4.78, 5) is 13.7. The van der Waals surface area contributed by atoms with Crippen LogP contribution in [0.3, 0.4) is 0 Å². The van der Waals surface area contributed by atoms with E-state index in [-0.39, 0.29) is 18.1 Å². The Labute approximate surface area is 126 Å². The molecule has 1 heterocycles. The number of benzene rings is 1. The zero-order chi connectivity index (χ0) is 15.2. The molecule has 2 rings (SSSR count). The van der Waals surface area contributed by atoms with Gasteiger partial charge in [-0.1, -0.05) is 12.1 Å². The van der Waals surface area contributed by atoms with E-state index in [1.807, 2.05) is 31.2 Å². The Bertz CT molecular complexity index is 476. The molecule has 0 aliphatic carbocycles. The van der Waals surface area contributed by atoms with Crippen LogP contribution in [0, 0.1) is 0 Å². The number of likely N-dealkylation sites (N-methyl/N-ethyl adjacent to an activating group) is 1. The second kappa shape index (κ2) is 7.31. The Balaban J connectivity index is 1.78. The molecule has 0 bridgehead atoms. The van der Waals surface area contributed by atoms with E-state index in [2.05, 4.69) is 0 Å². The molecule has 1 aromatic rings. The number of hydrogen-bond donors (Lipinski definition) is 1. The molecule has 5 nitrogen and oxygen atoms in total. The summed E-state index contributed by atoms with van der Waals surface area (Å²) in [6, 6.07) is 7.74. The molecule has 0 spiro atoms. The molecule has 21 heavy (non-hydrogen) atoms. The fraction of sp³-hybridized carbons (Fsp3) is 0.562. The second-order valence-electron chi connectivity index (χ2n) is 5.64. The SMILES string of the molecule is CC(N)CCCC(=O)N(C)CC1COc2ccccc2O1. The molecule has 0 saturated heterocycles. The Kier molecular flexibility index (Phi) is 5.44. The molecule has 116 valence electrons. The minimum absolute atomic E-state index is 0.123. The quantitative estimate of drug-likeness (QED) is 0.868. The van der Waals surface area contributed by atoms with Gasteiger partial charge in [0.25, 0.3) is 0 Å². The molecule has 2 atom stereocenters. The Morgan fingerprint density at radius 1 is 1.43 bits per heavy atom. The van der Waals surface area contributed by atoms with E-state index >= 15 is 0 Å². The molecule has 0 fully saturated rings. The van der Waals surface area contributed by atoms with Gasteiger partial charge in [0.05, 0.1) is 6.54 Å². The fourth-order valence-corrected chi connectivity index (χ4v) is 2.33. The number of ether oxygens (including phenoxy) is 2. The van der Waals surface area contributed by atoms with Crippen LogP contribution in [0.5, 0.6) is 11.5 Å². The van der Waals surface area contributed by atoms with Crippen molar-refractivity contribution in [1.29, 1.82) is 0 Å². The summed E-state index contributed by atoms with van der Waals surface area (Å²) in [5.41, 5.74) is 5.69. The van der Waals surface area contributed by atoms with Gasteiger partial charge in [-0.05, 0) is 31.9 Å². The number of para-hydroxylation sites is 2. The monoisotopic (exact) mass is 292 g/mol. The summed E-state index contributed by atoms with van der Waals surface area (Å²) < 4.78 is 11.5. The van der Waals surface area contributed by atoms with Crippen molar-refractivity contribution in [2.75, 3.05) is 20.2 Å². The van der Waals surface area contributed by atoms with E-state index in [9.17, 15) is 4.79 Å². The van der Waals surface area contributed by atoms with Crippen LogP contribution >= 0.6 is 0 Å². The van der Waals surface area contributed by atoms with Crippen LogP contribution in [0.25, 0.3) is 0 Å². The first-order valence-electron chi connectivity index (χ1n) is 7.44. The molecule has 0 saturated carbocycles. The number of hydrogen-bond acceptors (Lipinski definition) is 4. The lowest BCUT2D eigenvalue weighted by Gasteiger charge is -2.29. The zero-order valence-corrected chi connectivity index (χ0v) is 12.7. The Morgan fingerprint density at radius 3 is 2.86 bits per heavy atom. The van der Waals surface area contributed by atoms with Crippen LogP contribution in [0.2, 0.25) is 0 Å². The number of rotatable bonds is 6. The van der Waals surface area contributed by atoms with Gasteiger partial charge < -0.3 is 20.1 Å². The molecular weight excluding hydrogens is 268 g/mol. The summed E-state index contributed by atoms with van der Waals surface area (Å²) in [5, 5.41) is 0. The van der Waals surface area contributed by atoms with Crippen molar-refractivity contribution >= 4 is 5.91 Å². The Hall–Kier alpha value is -1.75. The lowest BCUT2D eigenvalue weighted by molar-refractivity contribution is -0.131. The molecule has 1 amide bonds. The first-order chi connectivity index (χ1) is 10.1. The predicted octanol–water partition coefficient (Wildman–Crippen LogP) is 1.80. The highest BCUT2D eigenvalue weighted by molar-refractivity contribution is 5.75. The zero-order valence-electron chi connectivity index (χ0n) is 12.7. The van der Waals surface area contributed by atoms with Gasteiger partial charge in [0.15, 0.2) is 17.6 Å². The summed E-state index contributed by atoms with van der Waals surface area (Å²) >= 11 is 0. The van der Waals surface area contributed by atoms with E-state index in [1.165, 1.54) is 0 Å². The van der Waals surface area contributed by atoms with Crippen molar-refractivity contribution in [1.82, 2.24) is 4.90 Å². The van der Waals surface area contributed by atoms with Crippen LogP contribution < -0.4 is 15.2 Å². The first kappa shape index (κ1) is 15.6. The molecule has 1 aliphatic heterocycles. The average molecular weight is 292 g/mol. The summed E-state index contributed by atoms with van der Waals surface area (Å²) in [6.07, 6.45) is 2.10. The molecule has 2 unspecified atom stereocenters. The van der Waals surface area contributed by atoms with E-state index in [0.29, 0.717) is 19.6 Å². The number of carbonyl (C=O) groups excluding carboxylic acids is 1. The van der Waals surface area contributed by atoms with E-state index in [0.717, 1.165) is 24.3 Å². The lowest BCUT2D eigenvalue weighted by Crippen LogP contribution is -2.41. The minimum atomic E-state index is -0.123. The third-order valence-electron chi connectivity index (χ3n) is 3.52. The van der Waals surface area contributed by atoms with Crippen LogP contribution in [0.4, 0.5) is 0 Å². The molecular formula is C16H24N2O3. The largest absolute Gasteiger partial charge is 0.486 e. The second-order valence-corrected chi connectivity index (χ2v) is 5.64. The summed E-state index contributed by atoms with van der Waals surface area (Å²) in [6.45, 7) is 2.96. The maximum Gasteiger partial charge on any atom is 0.222 e. The van der Waals surface area contributed by atoms with Gasteiger partial charge in [-0.15, -0.1) is 0 Å². The highest BCUT2D eigenvalue weighted by atomic mass is 16.6. The van der Waals surface area contributed by atoms with Crippen LogP contribution in [0.1, 0.15) is 26.2 Å². The fourth-order valence-electron chi connectivity index (χ4n) is 2.33. The van der Waals surface area contributed by atoms with Crippen molar-refractivity contribution in [3.63, 3.8) is 0 Å². The van der Waals surface area contributed by atoms with Gasteiger partial charge in [-0.25, -0.2) is 0 Å². The molecule has 2 N–H and O–H groups in total. The summed E-state index contributed by atoms with van der Waals surface area (Å²) in [7, 11) is 1.80. The highest BCUT2D eigenvalue weighted by Gasteiger charge is 2.23. The van der Waals surface area contributed by atoms with Crippen LogP contribution in [-0.2, 0) is 4.79 Å². The van der Waals surface area contributed by atoms with E-state index in [1.54, 1.807) is 11.9 Å². The molecule has 1 aliphatic rings. The van der Waals surface area contributed by atoms with Gasteiger partial charge in [0.1, 0.15) is 6.61 Å². The predicted molar refractivity (Wildman–Crippen MR) is 81.5 cm³/mol. The number of nitrogens with zero attached hydrogens (tertiary/aromatic N) is 1. The molecule has 1 aromatic carbocycles. The van der Waals surface area contributed by atoms with Crippen molar-refractivity contribution < 1.29 is 14.3 Å². The van der Waals surface area contributed by atoms with Crippen LogP contribution in [0.15, 0.2) is 24.3 Å². The van der Waals surface area contributed by atoms with Crippen molar-refractivity contribution in [2.24, 2.45) is 5.73 Å². The van der Waals surface area contributed by atoms with Gasteiger partial charge in [0.2, 0.25) is 5.91 Å². The van der Waals surface area contributed by atoms with Gasteiger partial charge in [-0.2, -0.15) is 0 Å². The third kappa shape index (κ3) is 4.63. The maximum atomic E-state index is 12.0. The number of amides is 1. The molecule has 5 heteroatoms. The topological polar surface area (TPSA) is 64.8 Å². The number of carbonyl (C=O) groups is 1. The lowest BCUT2D eigenvalue weighted by atomic mass is 10.1. The van der Waals surface area contributed by atoms with Crippen molar-refractivity contribution in [2.45, 2.75) is 38.3 Å². The maximum absolute atomic E-state index is 12.0. The van der Waals surface area contributed by atoms with E-state index < -0.39 is 0 Å². The van der Waals surface area contributed by atoms with Crippen molar-refractivity contribution in [3.8, 4) is 11.5 Å². The highest BCUT2D eigenvalue weighted by Crippen LogP contribution is 2.30. The normalized spacial score (nSPS) is 18.1. The minimum Gasteiger partial charge on any atom is -0.486 e. The van der Waals surface area contributed by atoms with Crippen LogP contribution in [-0.4, -0.2) is 43.2 Å². The third-order valence-corrected chi connectivity index (χ3v) is 3.52. The van der Waals surface area contributed by atoms with Gasteiger partial charge >= 0.3 is 0 Å². The number of fused-ring (bicyclic) bond motifs is 1. The smallest absolute Gasteiger partial charge is 0.222 e. The standard InChI is InChI=1S/C16H24N2O3/c1-12(17)6-5-9-16(19)18(2)10-13-11-20-14-7-3-4-8-15(14)21-13/h3-4,7-8,12-13H,5-6,9-11,17H2,1-2H3. The first-order valence-corrected chi connectivity index (χ1v) is 7.44. The van der Waals surface area contributed by atoms with Gasteiger partial charge in [0, 0.05) is 19.5 Å². The van der Waals surface area contributed by atoms with E-state index in [4.69, 9.17) is 15.2 Å². The summed E-state index contributed by atoms with van der Waals surface area (Å²) in [5.74, 6) is 1.63. The van der Waals surface area contributed by atoms with Gasteiger partial charge in [-0.3, -0.25) is 4.79 Å².